The highest BCUT2D eigenvalue weighted by atomic mass is 32.1. The van der Waals surface area contributed by atoms with E-state index in [4.69, 9.17) is 10.5 Å². The summed E-state index contributed by atoms with van der Waals surface area (Å²) in [6.07, 6.45) is 0.662. The van der Waals surface area contributed by atoms with Crippen molar-refractivity contribution >= 4 is 21.6 Å². The Labute approximate surface area is 126 Å². The first-order valence-electron chi connectivity index (χ1n) is 6.72. The molecule has 2 aromatic carbocycles. The van der Waals surface area contributed by atoms with Crippen LogP contribution in [0.2, 0.25) is 0 Å². The Morgan fingerprint density at radius 1 is 1.19 bits per heavy atom. The van der Waals surface area contributed by atoms with Crippen molar-refractivity contribution in [3.8, 4) is 5.75 Å². The van der Waals surface area contributed by atoms with Crippen molar-refractivity contribution in [3.05, 3.63) is 58.9 Å². The van der Waals surface area contributed by atoms with Gasteiger partial charge >= 0.3 is 0 Å². The standard InChI is InChI=1S/C16H15FN2OS/c17-12-9-11(7-8-18)5-6-14(12)20-10-16-19-13-3-1-2-4-15(13)21-16/h1-6,9H,7-8,10,18H2. The van der Waals surface area contributed by atoms with E-state index in [1.165, 1.54) is 6.07 Å². The zero-order valence-electron chi connectivity index (χ0n) is 11.4. The van der Waals surface area contributed by atoms with E-state index in [0.29, 0.717) is 13.0 Å². The van der Waals surface area contributed by atoms with Crippen LogP contribution in [0.1, 0.15) is 10.6 Å². The van der Waals surface area contributed by atoms with E-state index in [2.05, 4.69) is 4.98 Å². The molecule has 21 heavy (non-hydrogen) atoms. The number of fused-ring (bicyclic) bond motifs is 1. The normalized spacial score (nSPS) is 11.0. The molecule has 2 N–H and O–H groups in total. The summed E-state index contributed by atoms with van der Waals surface area (Å²) in [5, 5.41) is 0.835. The smallest absolute Gasteiger partial charge is 0.165 e. The molecule has 0 saturated heterocycles. The van der Waals surface area contributed by atoms with Crippen molar-refractivity contribution in [2.24, 2.45) is 5.73 Å². The van der Waals surface area contributed by atoms with Gasteiger partial charge in [-0.1, -0.05) is 18.2 Å². The molecule has 3 rings (SSSR count). The molecule has 5 heteroatoms. The molecule has 0 aliphatic heterocycles. The molecule has 0 radical (unpaired) electrons. The van der Waals surface area contributed by atoms with Gasteiger partial charge in [-0.15, -0.1) is 11.3 Å². The van der Waals surface area contributed by atoms with Gasteiger partial charge in [-0.05, 0) is 42.8 Å². The maximum absolute atomic E-state index is 13.9. The summed E-state index contributed by atoms with van der Waals surface area (Å²) in [7, 11) is 0. The third kappa shape index (κ3) is 3.20. The highest BCUT2D eigenvalue weighted by Gasteiger charge is 2.08. The third-order valence-corrected chi connectivity index (χ3v) is 4.13. The van der Waals surface area contributed by atoms with Crippen molar-refractivity contribution < 1.29 is 9.13 Å². The van der Waals surface area contributed by atoms with Gasteiger partial charge in [0.2, 0.25) is 0 Å². The molecule has 0 amide bonds. The van der Waals surface area contributed by atoms with Crippen molar-refractivity contribution in [1.82, 2.24) is 4.98 Å². The largest absolute Gasteiger partial charge is 0.483 e. The van der Waals surface area contributed by atoms with Gasteiger partial charge in [-0.25, -0.2) is 9.37 Å². The fraction of sp³-hybridized carbons (Fsp3) is 0.188. The summed E-state index contributed by atoms with van der Waals surface area (Å²) in [5.74, 6) is -0.114. The van der Waals surface area contributed by atoms with E-state index < -0.39 is 0 Å². The lowest BCUT2D eigenvalue weighted by Crippen LogP contribution is -2.03. The van der Waals surface area contributed by atoms with Crippen LogP contribution in [0.25, 0.3) is 10.2 Å². The van der Waals surface area contributed by atoms with Gasteiger partial charge in [0.05, 0.1) is 10.2 Å². The quantitative estimate of drug-likeness (QED) is 0.784. The topological polar surface area (TPSA) is 48.1 Å². The number of ether oxygens (including phenoxy) is 1. The molecular weight excluding hydrogens is 287 g/mol. The zero-order chi connectivity index (χ0) is 14.7. The molecule has 0 aliphatic rings. The number of nitrogens with zero attached hydrogens (tertiary/aromatic N) is 1. The lowest BCUT2D eigenvalue weighted by Gasteiger charge is -2.07. The van der Waals surface area contributed by atoms with Crippen molar-refractivity contribution in [2.75, 3.05) is 6.54 Å². The van der Waals surface area contributed by atoms with Gasteiger partial charge in [0, 0.05) is 0 Å². The van der Waals surface area contributed by atoms with Crippen LogP contribution in [0.4, 0.5) is 4.39 Å². The monoisotopic (exact) mass is 302 g/mol. The first kappa shape index (κ1) is 14.0. The number of halogens is 1. The Bertz CT molecular complexity index is 724. The van der Waals surface area contributed by atoms with Gasteiger partial charge in [0.25, 0.3) is 0 Å². The average molecular weight is 302 g/mol. The molecule has 0 aliphatic carbocycles. The fourth-order valence-corrected chi connectivity index (χ4v) is 2.99. The van der Waals surface area contributed by atoms with E-state index >= 15 is 0 Å². The van der Waals surface area contributed by atoms with Crippen molar-refractivity contribution in [1.29, 1.82) is 0 Å². The minimum Gasteiger partial charge on any atom is -0.483 e. The molecule has 0 saturated carbocycles. The molecule has 108 valence electrons. The summed E-state index contributed by atoms with van der Waals surface area (Å²) in [4.78, 5) is 4.46. The number of hydrogen-bond donors (Lipinski definition) is 1. The minimum absolute atomic E-state index is 0.245. The Balaban J connectivity index is 1.72. The molecule has 1 heterocycles. The van der Waals surface area contributed by atoms with Crippen LogP contribution in [0, 0.1) is 5.82 Å². The van der Waals surface area contributed by atoms with E-state index in [1.54, 1.807) is 17.4 Å². The van der Waals surface area contributed by atoms with E-state index in [9.17, 15) is 4.39 Å². The van der Waals surface area contributed by atoms with Crippen molar-refractivity contribution in [2.45, 2.75) is 13.0 Å². The van der Waals surface area contributed by atoms with Crippen LogP contribution >= 0.6 is 11.3 Å². The van der Waals surface area contributed by atoms with Crippen molar-refractivity contribution in [3.63, 3.8) is 0 Å². The zero-order valence-corrected chi connectivity index (χ0v) is 12.2. The molecule has 0 bridgehead atoms. The van der Waals surface area contributed by atoms with E-state index in [1.807, 2.05) is 30.3 Å². The van der Waals surface area contributed by atoms with Gasteiger partial charge in [0.15, 0.2) is 11.6 Å². The number of benzene rings is 2. The van der Waals surface area contributed by atoms with Gasteiger partial charge in [0.1, 0.15) is 11.6 Å². The highest BCUT2D eigenvalue weighted by Crippen LogP contribution is 2.24. The number of hydrogen-bond acceptors (Lipinski definition) is 4. The molecule has 0 spiro atoms. The van der Waals surface area contributed by atoms with Gasteiger partial charge < -0.3 is 10.5 Å². The van der Waals surface area contributed by atoms with Crippen LogP contribution < -0.4 is 10.5 Å². The van der Waals surface area contributed by atoms with Crippen LogP contribution in [0.3, 0.4) is 0 Å². The maximum Gasteiger partial charge on any atom is 0.165 e. The molecule has 1 aromatic heterocycles. The molecule has 0 fully saturated rings. The summed E-state index contributed by atoms with van der Waals surface area (Å²) in [6, 6.07) is 12.8. The number of rotatable bonds is 5. The summed E-state index contributed by atoms with van der Waals surface area (Å²) in [6.45, 7) is 0.776. The molecule has 0 atom stereocenters. The molecular formula is C16H15FN2OS. The Morgan fingerprint density at radius 2 is 2.05 bits per heavy atom. The Kier molecular flexibility index (Phi) is 4.13. The number of aromatic nitrogens is 1. The summed E-state index contributed by atoms with van der Waals surface area (Å²) in [5.41, 5.74) is 7.28. The lowest BCUT2D eigenvalue weighted by atomic mass is 10.1. The molecule has 3 nitrogen and oxygen atoms in total. The van der Waals surface area contributed by atoms with E-state index in [0.717, 1.165) is 20.8 Å². The number of nitrogens with two attached hydrogens (primary N) is 1. The first-order chi connectivity index (χ1) is 10.3. The highest BCUT2D eigenvalue weighted by molar-refractivity contribution is 7.18. The minimum atomic E-state index is -0.359. The lowest BCUT2D eigenvalue weighted by molar-refractivity contribution is 0.290. The first-order valence-corrected chi connectivity index (χ1v) is 7.53. The van der Waals surface area contributed by atoms with Crippen LogP contribution in [-0.4, -0.2) is 11.5 Å². The average Bonchev–Trinajstić information content (AvgIpc) is 2.89. The predicted octanol–water partition coefficient (Wildman–Crippen LogP) is 3.52. The SMILES string of the molecule is NCCc1ccc(OCc2nc3ccccc3s2)c(F)c1. The Hall–Kier alpha value is -1.98. The van der Waals surface area contributed by atoms with Crippen LogP contribution in [-0.2, 0) is 13.0 Å². The summed E-state index contributed by atoms with van der Waals surface area (Å²) >= 11 is 1.56. The van der Waals surface area contributed by atoms with Crippen LogP contribution in [0.15, 0.2) is 42.5 Å². The third-order valence-electron chi connectivity index (χ3n) is 3.12. The van der Waals surface area contributed by atoms with Gasteiger partial charge in [-0.3, -0.25) is 0 Å². The van der Waals surface area contributed by atoms with Gasteiger partial charge in [-0.2, -0.15) is 0 Å². The molecule has 3 aromatic rings. The summed E-state index contributed by atoms with van der Waals surface area (Å²) < 4.78 is 20.5. The molecule has 0 unspecified atom stereocenters. The number of para-hydroxylation sites is 1. The van der Waals surface area contributed by atoms with Crippen LogP contribution in [0.5, 0.6) is 5.75 Å². The second kappa shape index (κ2) is 6.20. The second-order valence-corrected chi connectivity index (χ2v) is 5.78. The Morgan fingerprint density at radius 3 is 2.81 bits per heavy atom. The predicted molar refractivity (Wildman–Crippen MR) is 83.1 cm³/mol. The number of thiazole rings is 1. The van der Waals surface area contributed by atoms with E-state index in [-0.39, 0.29) is 18.2 Å². The fourth-order valence-electron chi connectivity index (χ4n) is 2.10. The maximum atomic E-state index is 13.9. The second-order valence-electron chi connectivity index (χ2n) is 4.67.